The van der Waals surface area contributed by atoms with Crippen molar-refractivity contribution in [3.05, 3.63) is 36.0 Å². The lowest BCUT2D eigenvalue weighted by Crippen LogP contribution is -2.25. The van der Waals surface area contributed by atoms with Crippen LogP contribution in [0.3, 0.4) is 0 Å². The highest BCUT2D eigenvalue weighted by atomic mass is 16.1. The first-order chi connectivity index (χ1) is 8.74. The number of aryl methyl sites for hydroxylation is 1. The Morgan fingerprint density at radius 3 is 2.78 bits per heavy atom. The number of pyridine rings is 1. The largest absolute Gasteiger partial charge is 0.349 e. The fourth-order valence-corrected chi connectivity index (χ4v) is 1.67. The molecule has 2 aromatic heterocycles. The van der Waals surface area contributed by atoms with Gasteiger partial charge in [-0.05, 0) is 31.9 Å². The Morgan fingerprint density at radius 1 is 1.39 bits per heavy atom. The predicted molar refractivity (Wildman–Crippen MR) is 64.4 cm³/mol. The molecule has 1 aliphatic carbocycles. The van der Waals surface area contributed by atoms with Crippen LogP contribution in [0, 0.1) is 6.92 Å². The average molecular weight is 243 g/mol. The van der Waals surface area contributed by atoms with Gasteiger partial charge in [-0.15, -0.1) is 0 Å². The molecule has 1 fully saturated rings. The summed E-state index contributed by atoms with van der Waals surface area (Å²) >= 11 is 0. The van der Waals surface area contributed by atoms with Crippen LogP contribution in [0.5, 0.6) is 0 Å². The maximum atomic E-state index is 11.8. The van der Waals surface area contributed by atoms with Crippen LogP contribution in [0.2, 0.25) is 0 Å². The Labute approximate surface area is 104 Å². The second kappa shape index (κ2) is 4.21. The normalized spacial score (nSPS) is 14.5. The summed E-state index contributed by atoms with van der Waals surface area (Å²) in [4.78, 5) is 20.0. The number of rotatable bonds is 3. The highest BCUT2D eigenvalue weighted by Gasteiger charge is 2.23. The third-order valence-corrected chi connectivity index (χ3v) is 2.86. The standard InChI is InChI=1S/C12H13N5O/c1-8-14-7-15-17(8)11-5-2-9(6-13-11)12(18)16-10-3-4-10/h2,5-7,10H,3-4H2,1H3,(H,16,18). The van der Waals surface area contributed by atoms with Crippen LogP contribution in [0.4, 0.5) is 0 Å². The van der Waals surface area contributed by atoms with Crippen LogP contribution in [0.1, 0.15) is 29.0 Å². The first-order valence-electron chi connectivity index (χ1n) is 5.88. The summed E-state index contributed by atoms with van der Waals surface area (Å²) < 4.78 is 1.63. The van der Waals surface area contributed by atoms with Crippen molar-refractivity contribution in [2.45, 2.75) is 25.8 Å². The molecule has 2 aromatic rings. The van der Waals surface area contributed by atoms with Gasteiger partial charge in [0, 0.05) is 12.2 Å². The van der Waals surface area contributed by atoms with Crippen LogP contribution in [-0.4, -0.2) is 31.7 Å². The Balaban J connectivity index is 1.80. The minimum atomic E-state index is -0.0631. The second-order valence-electron chi connectivity index (χ2n) is 4.37. The Kier molecular flexibility index (Phi) is 2.55. The Morgan fingerprint density at radius 2 is 2.22 bits per heavy atom. The van der Waals surface area contributed by atoms with Crippen LogP contribution in [0.25, 0.3) is 5.82 Å². The van der Waals surface area contributed by atoms with E-state index in [4.69, 9.17) is 0 Å². The van der Waals surface area contributed by atoms with E-state index in [1.807, 2.05) is 6.92 Å². The van der Waals surface area contributed by atoms with E-state index in [1.165, 1.54) is 6.33 Å². The molecule has 18 heavy (non-hydrogen) atoms. The molecule has 0 atom stereocenters. The molecule has 6 nitrogen and oxygen atoms in total. The van der Waals surface area contributed by atoms with Crippen LogP contribution >= 0.6 is 0 Å². The third-order valence-electron chi connectivity index (χ3n) is 2.86. The molecule has 0 aromatic carbocycles. The number of hydrogen-bond acceptors (Lipinski definition) is 4. The molecule has 1 saturated carbocycles. The molecule has 6 heteroatoms. The maximum absolute atomic E-state index is 11.8. The smallest absolute Gasteiger partial charge is 0.253 e. The molecule has 92 valence electrons. The quantitative estimate of drug-likeness (QED) is 0.867. The summed E-state index contributed by atoms with van der Waals surface area (Å²) in [6.07, 6.45) is 5.20. The molecule has 2 heterocycles. The fourth-order valence-electron chi connectivity index (χ4n) is 1.67. The number of amides is 1. The number of nitrogens with one attached hydrogen (secondary N) is 1. The van der Waals surface area contributed by atoms with Crippen molar-refractivity contribution in [2.75, 3.05) is 0 Å². The third kappa shape index (κ3) is 2.09. The fraction of sp³-hybridized carbons (Fsp3) is 0.333. The number of hydrogen-bond donors (Lipinski definition) is 1. The SMILES string of the molecule is Cc1ncnn1-c1ccc(C(=O)NC2CC2)cn1. The van der Waals surface area contributed by atoms with E-state index in [-0.39, 0.29) is 5.91 Å². The summed E-state index contributed by atoms with van der Waals surface area (Å²) in [6, 6.07) is 3.87. The van der Waals surface area contributed by atoms with Crippen molar-refractivity contribution in [3.63, 3.8) is 0 Å². The molecule has 1 aliphatic rings. The van der Waals surface area contributed by atoms with Gasteiger partial charge in [-0.25, -0.2) is 9.97 Å². The Bertz CT molecular complexity index is 570. The van der Waals surface area contributed by atoms with E-state index in [9.17, 15) is 4.79 Å². The molecule has 0 radical (unpaired) electrons. The number of carbonyl (C=O) groups is 1. The molecule has 0 saturated heterocycles. The van der Waals surface area contributed by atoms with Crippen molar-refractivity contribution < 1.29 is 4.79 Å². The van der Waals surface area contributed by atoms with Gasteiger partial charge >= 0.3 is 0 Å². The minimum Gasteiger partial charge on any atom is -0.349 e. The summed E-state index contributed by atoms with van der Waals surface area (Å²) in [5.41, 5.74) is 0.573. The lowest BCUT2D eigenvalue weighted by molar-refractivity contribution is 0.0950. The molecule has 0 spiro atoms. The predicted octanol–water partition coefficient (Wildman–Crippen LogP) is 0.863. The number of carbonyl (C=O) groups excluding carboxylic acids is 1. The first kappa shape index (κ1) is 10.9. The summed E-state index contributed by atoms with van der Waals surface area (Å²) in [5, 5.41) is 6.98. The van der Waals surface area contributed by atoms with Gasteiger partial charge in [0.15, 0.2) is 5.82 Å². The van der Waals surface area contributed by atoms with Crippen molar-refractivity contribution in [1.82, 2.24) is 25.1 Å². The monoisotopic (exact) mass is 243 g/mol. The molecule has 0 unspecified atom stereocenters. The Hall–Kier alpha value is -2.24. The molecule has 0 bridgehead atoms. The van der Waals surface area contributed by atoms with E-state index >= 15 is 0 Å². The van der Waals surface area contributed by atoms with Crippen molar-refractivity contribution in [2.24, 2.45) is 0 Å². The number of nitrogens with zero attached hydrogens (tertiary/aromatic N) is 4. The van der Waals surface area contributed by atoms with Gasteiger partial charge in [0.2, 0.25) is 0 Å². The van der Waals surface area contributed by atoms with Gasteiger partial charge in [-0.3, -0.25) is 4.79 Å². The van der Waals surface area contributed by atoms with Gasteiger partial charge in [0.05, 0.1) is 5.56 Å². The van der Waals surface area contributed by atoms with E-state index in [2.05, 4.69) is 20.4 Å². The van der Waals surface area contributed by atoms with E-state index in [0.29, 0.717) is 17.4 Å². The zero-order valence-corrected chi connectivity index (χ0v) is 10.00. The van der Waals surface area contributed by atoms with Crippen molar-refractivity contribution in [1.29, 1.82) is 0 Å². The lowest BCUT2D eigenvalue weighted by Gasteiger charge is -2.05. The van der Waals surface area contributed by atoms with Gasteiger partial charge in [-0.1, -0.05) is 0 Å². The van der Waals surface area contributed by atoms with Gasteiger partial charge in [-0.2, -0.15) is 9.78 Å². The highest BCUT2D eigenvalue weighted by molar-refractivity contribution is 5.94. The molecular formula is C12H13N5O. The zero-order valence-electron chi connectivity index (χ0n) is 10.00. The highest BCUT2D eigenvalue weighted by Crippen LogP contribution is 2.19. The van der Waals surface area contributed by atoms with Crippen molar-refractivity contribution >= 4 is 5.91 Å². The van der Waals surface area contributed by atoms with Crippen LogP contribution in [-0.2, 0) is 0 Å². The topological polar surface area (TPSA) is 72.7 Å². The van der Waals surface area contributed by atoms with Gasteiger partial charge in [0.25, 0.3) is 5.91 Å². The van der Waals surface area contributed by atoms with Crippen LogP contribution < -0.4 is 5.32 Å². The average Bonchev–Trinajstić information content (AvgIpc) is 3.09. The summed E-state index contributed by atoms with van der Waals surface area (Å²) in [6.45, 7) is 1.85. The molecule has 3 rings (SSSR count). The van der Waals surface area contributed by atoms with Gasteiger partial charge in [0.1, 0.15) is 12.2 Å². The summed E-state index contributed by atoms with van der Waals surface area (Å²) in [5.74, 6) is 1.36. The number of aromatic nitrogens is 4. The summed E-state index contributed by atoms with van der Waals surface area (Å²) in [7, 11) is 0. The molecular weight excluding hydrogens is 230 g/mol. The van der Waals surface area contributed by atoms with Crippen LogP contribution in [0.15, 0.2) is 24.7 Å². The van der Waals surface area contributed by atoms with E-state index in [1.54, 1.807) is 23.0 Å². The second-order valence-corrected chi connectivity index (χ2v) is 4.37. The molecule has 1 N–H and O–H groups in total. The molecule has 1 amide bonds. The minimum absolute atomic E-state index is 0.0631. The maximum Gasteiger partial charge on any atom is 0.253 e. The zero-order chi connectivity index (χ0) is 12.5. The first-order valence-corrected chi connectivity index (χ1v) is 5.88. The van der Waals surface area contributed by atoms with Crippen molar-refractivity contribution in [3.8, 4) is 5.82 Å². The van der Waals surface area contributed by atoms with E-state index < -0.39 is 0 Å². The van der Waals surface area contributed by atoms with Gasteiger partial charge < -0.3 is 5.32 Å². The van der Waals surface area contributed by atoms with E-state index in [0.717, 1.165) is 18.7 Å². The lowest BCUT2D eigenvalue weighted by atomic mass is 10.2. The molecule has 0 aliphatic heterocycles.